The van der Waals surface area contributed by atoms with Crippen molar-refractivity contribution in [2.24, 2.45) is 5.10 Å². The van der Waals surface area contributed by atoms with Crippen LogP contribution in [0.4, 0.5) is 10.8 Å². The summed E-state index contributed by atoms with van der Waals surface area (Å²) in [6, 6.07) is 7.27. The van der Waals surface area contributed by atoms with Gasteiger partial charge in [0.2, 0.25) is 0 Å². The fourth-order valence-electron chi connectivity index (χ4n) is 2.38. The highest BCUT2D eigenvalue weighted by molar-refractivity contribution is 7.14. The first-order valence-corrected chi connectivity index (χ1v) is 8.67. The summed E-state index contributed by atoms with van der Waals surface area (Å²) in [5, 5.41) is 11.3. The van der Waals surface area contributed by atoms with Gasteiger partial charge in [0, 0.05) is 29.6 Å². The molecule has 0 bridgehead atoms. The molecule has 1 aliphatic heterocycles. The lowest BCUT2D eigenvalue weighted by Crippen LogP contribution is -2.14. The fourth-order valence-corrected chi connectivity index (χ4v) is 3.09. The number of ether oxygens (including phenoxy) is 1. The first-order valence-electron chi connectivity index (χ1n) is 7.79. The lowest BCUT2D eigenvalue weighted by molar-refractivity contribution is -0.139. The van der Waals surface area contributed by atoms with Crippen molar-refractivity contribution in [3.05, 3.63) is 40.9 Å². The monoisotopic (exact) mass is 358 g/mol. The Bertz CT molecular complexity index is 814. The number of amides is 1. The zero-order valence-corrected chi connectivity index (χ0v) is 14.8. The molecule has 25 heavy (non-hydrogen) atoms. The minimum absolute atomic E-state index is 0.0906. The van der Waals surface area contributed by atoms with Crippen LogP contribution < -0.4 is 10.3 Å². The molecule has 2 aromatic rings. The van der Waals surface area contributed by atoms with Crippen molar-refractivity contribution in [2.45, 2.75) is 19.8 Å². The van der Waals surface area contributed by atoms with E-state index in [-0.39, 0.29) is 18.3 Å². The topological polar surface area (TPSA) is 83.9 Å². The van der Waals surface area contributed by atoms with E-state index in [1.807, 2.05) is 24.1 Å². The average Bonchev–Trinajstić information content (AvgIpc) is 3.24. The van der Waals surface area contributed by atoms with Gasteiger partial charge in [-0.3, -0.25) is 19.9 Å². The number of nitrogens with zero attached hydrogens (tertiary/aromatic N) is 3. The quantitative estimate of drug-likeness (QED) is 0.831. The number of carbonyl (C=O) groups excluding carboxylic acids is 2. The molecular weight excluding hydrogens is 340 g/mol. The van der Waals surface area contributed by atoms with E-state index in [9.17, 15) is 9.59 Å². The summed E-state index contributed by atoms with van der Waals surface area (Å²) in [5.74, 6) is -0.606. The van der Waals surface area contributed by atoms with E-state index in [1.54, 1.807) is 17.5 Å². The van der Waals surface area contributed by atoms with Gasteiger partial charge in [-0.15, -0.1) is 11.3 Å². The van der Waals surface area contributed by atoms with E-state index in [1.165, 1.54) is 18.4 Å². The van der Waals surface area contributed by atoms with Crippen LogP contribution in [0.3, 0.4) is 0 Å². The molecule has 0 saturated carbocycles. The first kappa shape index (κ1) is 17.1. The Kier molecular flexibility index (Phi) is 5.08. The molecule has 0 spiro atoms. The number of carbonyl (C=O) groups is 2. The number of nitrogens with one attached hydrogen (secondary N) is 1. The number of thiazole rings is 1. The van der Waals surface area contributed by atoms with Gasteiger partial charge in [-0.05, 0) is 31.2 Å². The van der Waals surface area contributed by atoms with Crippen LogP contribution >= 0.6 is 11.3 Å². The van der Waals surface area contributed by atoms with Crippen LogP contribution in [-0.2, 0) is 16.0 Å². The smallest absolute Gasteiger partial charge is 0.311 e. The number of anilines is 2. The maximum absolute atomic E-state index is 12.3. The van der Waals surface area contributed by atoms with Gasteiger partial charge >= 0.3 is 5.97 Å². The Morgan fingerprint density at radius 3 is 2.72 bits per heavy atom. The number of hydrogen-bond donors (Lipinski definition) is 1. The number of hydrazone groups is 1. The highest BCUT2D eigenvalue weighted by Crippen LogP contribution is 2.21. The summed E-state index contributed by atoms with van der Waals surface area (Å²) in [6.07, 6.45) is 1.05. The standard InChI is InChI=1S/C17H18N4O3S/c1-11-7-8-21(20-11)14-5-3-12(4-6-14)16(23)19-17-18-13(10-25-17)9-15(22)24-2/h3-6,10H,7-9H2,1-2H3,(H,18,19,23). The summed E-state index contributed by atoms with van der Waals surface area (Å²) in [6.45, 7) is 2.86. The molecule has 8 heteroatoms. The second kappa shape index (κ2) is 7.43. The van der Waals surface area contributed by atoms with Gasteiger partial charge in [0.25, 0.3) is 5.91 Å². The molecule has 0 aliphatic carbocycles. The predicted molar refractivity (Wildman–Crippen MR) is 97.3 cm³/mol. The number of aromatic nitrogens is 1. The SMILES string of the molecule is COC(=O)Cc1csc(NC(=O)c2ccc(N3CCC(C)=N3)cc2)n1. The summed E-state index contributed by atoms with van der Waals surface area (Å²) in [7, 11) is 1.33. The van der Waals surface area contributed by atoms with Crippen LogP contribution in [0.2, 0.25) is 0 Å². The predicted octanol–water partition coefficient (Wildman–Crippen LogP) is 2.70. The highest BCUT2D eigenvalue weighted by atomic mass is 32.1. The third-order valence-corrected chi connectivity index (χ3v) is 4.54. The summed E-state index contributed by atoms with van der Waals surface area (Å²) >= 11 is 1.27. The number of rotatable bonds is 5. The lowest BCUT2D eigenvalue weighted by Gasteiger charge is -2.13. The maximum atomic E-state index is 12.3. The van der Waals surface area contributed by atoms with Gasteiger partial charge in [0.1, 0.15) is 0 Å². The third kappa shape index (κ3) is 4.21. The molecule has 2 heterocycles. The van der Waals surface area contributed by atoms with Crippen molar-refractivity contribution in [1.29, 1.82) is 0 Å². The van der Waals surface area contributed by atoms with Crippen molar-refractivity contribution in [2.75, 3.05) is 24.0 Å². The maximum Gasteiger partial charge on any atom is 0.311 e. The minimum Gasteiger partial charge on any atom is -0.469 e. The van der Waals surface area contributed by atoms with E-state index in [0.717, 1.165) is 24.4 Å². The molecule has 7 nitrogen and oxygen atoms in total. The molecule has 1 aromatic heterocycles. The van der Waals surface area contributed by atoms with Gasteiger partial charge in [-0.25, -0.2) is 4.98 Å². The van der Waals surface area contributed by atoms with Crippen molar-refractivity contribution < 1.29 is 14.3 Å². The molecule has 1 N–H and O–H groups in total. The Morgan fingerprint density at radius 1 is 1.32 bits per heavy atom. The largest absolute Gasteiger partial charge is 0.469 e. The van der Waals surface area contributed by atoms with Crippen molar-refractivity contribution in [1.82, 2.24) is 4.98 Å². The molecule has 1 aliphatic rings. The molecule has 0 saturated heterocycles. The van der Waals surface area contributed by atoms with Crippen LogP contribution in [0.25, 0.3) is 0 Å². The van der Waals surface area contributed by atoms with E-state index in [0.29, 0.717) is 16.4 Å². The number of benzene rings is 1. The second-order valence-corrected chi connectivity index (χ2v) is 6.46. The third-order valence-electron chi connectivity index (χ3n) is 3.73. The van der Waals surface area contributed by atoms with Crippen LogP contribution in [0.15, 0.2) is 34.7 Å². The van der Waals surface area contributed by atoms with Crippen LogP contribution in [0.1, 0.15) is 29.4 Å². The summed E-state index contributed by atoms with van der Waals surface area (Å²) < 4.78 is 4.60. The molecular formula is C17H18N4O3S. The molecule has 1 aromatic carbocycles. The summed E-state index contributed by atoms with van der Waals surface area (Å²) in [5.41, 5.74) is 3.18. The van der Waals surface area contributed by atoms with Gasteiger partial charge in [0.15, 0.2) is 5.13 Å². The molecule has 3 rings (SSSR count). The lowest BCUT2D eigenvalue weighted by atomic mass is 10.2. The zero-order chi connectivity index (χ0) is 17.8. The second-order valence-electron chi connectivity index (χ2n) is 5.61. The fraction of sp³-hybridized carbons (Fsp3) is 0.294. The van der Waals surface area contributed by atoms with E-state index in [2.05, 4.69) is 20.1 Å². The Balaban J connectivity index is 1.62. The molecule has 0 atom stereocenters. The highest BCUT2D eigenvalue weighted by Gasteiger charge is 2.14. The molecule has 0 unspecified atom stereocenters. The first-order chi connectivity index (χ1) is 12.0. The molecule has 1 amide bonds. The number of esters is 1. The van der Waals surface area contributed by atoms with Gasteiger partial charge in [-0.1, -0.05) is 0 Å². The molecule has 0 radical (unpaired) electrons. The Morgan fingerprint density at radius 2 is 2.08 bits per heavy atom. The number of methoxy groups -OCH3 is 1. The van der Waals surface area contributed by atoms with Crippen LogP contribution in [0, 0.1) is 0 Å². The Hall–Kier alpha value is -2.74. The van der Waals surface area contributed by atoms with E-state index in [4.69, 9.17) is 0 Å². The zero-order valence-electron chi connectivity index (χ0n) is 14.0. The van der Waals surface area contributed by atoms with E-state index >= 15 is 0 Å². The van der Waals surface area contributed by atoms with Crippen LogP contribution in [0.5, 0.6) is 0 Å². The van der Waals surface area contributed by atoms with Crippen molar-refractivity contribution in [3.8, 4) is 0 Å². The van der Waals surface area contributed by atoms with Crippen molar-refractivity contribution >= 4 is 39.7 Å². The van der Waals surface area contributed by atoms with Gasteiger partial charge in [0.05, 0.1) is 24.9 Å². The minimum atomic E-state index is -0.362. The van der Waals surface area contributed by atoms with Gasteiger partial charge in [-0.2, -0.15) is 5.10 Å². The average molecular weight is 358 g/mol. The summed E-state index contributed by atoms with van der Waals surface area (Å²) in [4.78, 5) is 27.8. The Labute approximate surface area is 149 Å². The van der Waals surface area contributed by atoms with Crippen LogP contribution in [-0.4, -0.2) is 36.2 Å². The number of hydrogen-bond acceptors (Lipinski definition) is 7. The molecule has 130 valence electrons. The van der Waals surface area contributed by atoms with E-state index < -0.39 is 0 Å². The van der Waals surface area contributed by atoms with Crippen molar-refractivity contribution in [3.63, 3.8) is 0 Å². The molecule has 0 fully saturated rings. The van der Waals surface area contributed by atoms with Gasteiger partial charge < -0.3 is 4.74 Å². The normalized spacial score (nSPS) is 13.5.